The molecule has 5 heteroatoms. The van der Waals surface area contributed by atoms with Gasteiger partial charge in [-0.2, -0.15) is 0 Å². The van der Waals surface area contributed by atoms with Crippen LogP contribution in [-0.2, 0) is 0 Å². The third-order valence-corrected chi connectivity index (χ3v) is 3.77. The predicted octanol–water partition coefficient (Wildman–Crippen LogP) is 3.59. The Labute approximate surface area is 109 Å². The van der Waals surface area contributed by atoms with E-state index in [4.69, 9.17) is 0 Å². The number of anilines is 1. The minimum Gasteiger partial charge on any atom is -0.370 e. The summed E-state index contributed by atoms with van der Waals surface area (Å²) in [6.45, 7) is 4.29. The quantitative estimate of drug-likeness (QED) is 0.619. The minimum atomic E-state index is -0.368. The van der Waals surface area contributed by atoms with Gasteiger partial charge in [0.2, 0.25) is 0 Å². The first-order valence-corrected chi connectivity index (χ1v) is 6.56. The number of halogens is 1. The van der Waals surface area contributed by atoms with Crippen molar-refractivity contribution < 1.29 is 4.92 Å². The van der Waals surface area contributed by atoms with Crippen molar-refractivity contribution in [3.63, 3.8) is 0 Å². The Bertz CT molecular complexity index is 437. The third kappa shape index (κ3) is 2.77. The van der Waals surface area contributed by atoms with Gasteiger partial charge in [-0.25, -0.2) is 0 Å². The molecule has 0 unspecified atom stereocenters. The summed E-state index contributed by atoms with van der Waals surface area (Å²) in [5.74, 6) is 0.686. The monoisotopic (exact) mass is 298 g/mol. The molecule has 1 fully saturated rings. The molecule has 17 heavy (non-hydrogen) atoms. The van der Waals surface area contributed by atoms with Crippen molar-refractivity contribution in [3.05, 3.63) is 32.8 Å². The molecular weight excluding hydrogens is 284 g/mol. The molecule has 0 aromatic heterocycles. The maximum absolute atomic E-state index is 10.7. The molecule has 1 atom stereocenters. The van der Waals surface area contributed by atoms with E-state index in [0.29, 0.717) is 5.92 Å². The molecule has 92 valence electrons. The Morgan fingerprint density at radius 1 is 1.53 bits per heavy atom. The van der Waals surface area contributed by atoms with Gasteiger partial charge in [0.25, 0.3) is 5.69 Å². The molecule has 1 aromatic rings. The fraction of sp³-hybridized carbons (Fsp3) is 0.500. The number of hydrogen-bond donors (Lipinski definition) is 0. The van der Waals surface area contributed by atoms with E-state index in [1.807, 2.05) is 6.07 Å². The SMILES string of the molecule is C[C@H]1CCCN(c2ccc([N+](=O)[O-])cc2Br)C1. The fourth-order valence-electron chi connectivity index (χ4n) is 2.27. The highest BCUT2D eigenvalue weighted by atomic mass is 79.9. The summed E-state index contributed by atoms with van der Waals surface area (Å²) < 4.78 is 0.806. The van der Waals surface area contributed by atoms with Crippen LogP contribution < -0.4 is 4.90 Å². The van der Waals surface area contributed by atoms with Gasteiger partial charge in [-0.15, -0.1) is 0 Å². The number of nitrogens with zero attached hydrogens (tertiary/aromatic N) is 2. The topological polar surface area (TPSA) is 46.4 Å². The molecule has 1 heterocycles. The van der Waals surface area contributed by atoms with E-state index >= 15 is 0 Å². The Morgan fingerprint density at radius 2 is 2.29 bits per heavy atom. The van der Waals surface area contributed by atoms with E-state index in [0.717, 1.165) is 23.2 Å². The second kappa shape index (κ2) is 5.04. The van der Waals surface area contributed by atoms with Gasteiger partial charge in [-0.05, 0) is 40.8 Å². The maximum atomic E-state index is 10.7. The first kappa shape index (κ1) is 12.4. The van der Waals surface area contributed by atoms with E-state index in [-0.39, 0.29) is 10.6 Å². The maximum Gasteiger partial charge on any atom is 0.270 e. The van der Waals surface area contributed by atoms with Gasteiger partial charge in [-0.1, -0.05) is 6.92 Å². The number of non-ortho nitro benzene ring substituents is 1. The van der Waals surface area contributed by atoms with Crippen LogP contribution in [0.4, 0.5) is 11.4 Å². The number of hydrogen-bond acceptors (Lipinski definition) is 3. The Kier molecular flexibility index (Phi) is 3.66. The van der Waals surface area contributed by atoms with E-state index < -0.39 is 0 Å². The van der Waals surface area contributed by atoms with Crippen molar-refractivity contribution in [2.24, 2.45) is 5.92 Å². The first-order chi connectivity index (χ1) is 8.08. The zero-order valence-corrected chi connectivity index (χ0v) is 11.3. The van der Waals surface area contributed by atoms with Gasteiger partial charge in [0, 0.05) is 29.7 Å². The number of rotatable bonds is 2. The van der Waals surface area contributed by atoms with Crippen molar-refractivity contribution in [2.45, 2.75) is 19.8 Å². The first-order valence-electron chi connectivity index (χ1n) is 5.77. The van der Waals surface area contributed by atoms with Crippen LogP contribution in [-0.4, -0.2) is 18.0 Å². The van der Waals surface area contributed by atoms with Crippen LogP contribution in [0, 0.1) is 16.0 Å². The van der Waals surface area contributed by atoms with Gasteiger partial charge in [-0.3, -0.25) is 10.1 Å². The summed E-state index contributed by atoms with van der Waals surface area (Å²) in [5.41, 5.74) is 1.19. The van der Waals surface area contributed by atoms with Gasteiger partial charge in [0.15, 0.2) is 0 Å². The summed E-state index contributed by atoms with van der Waals surface area (Å²) >= 11 is 3.42. The van der Waals surface area contributed by atoms with Crippen LogP contribution >= 0.6 is 15.9 Å². The fourth-order valence-corrected chi connectivity index (χ4v) is 2.89. The Balaban J connectivity index is 2.23. The van der Waals surface area contributed by atoms with E-state index in [1.165, 1.54) is 12.8 Å². The molecule has 1 aliphatic rings. The number of nitro benzene ring substituents is 1. The van der Waals surface area contributed by atoms with Crippen LogP contribution in [0.1, 0.15) is 19.8 Å². The highest BCUT2D eigenvalue weighted by Crippen LogP contribution is 2.32. The lowest BCUT2D eigenvalue weighted by Crippen LogP contribution is -2.34. The molecule has 1 aromatic carbocycles. The molecule has 0 bridgehead atoms. The van der Waals surface area contributed by atoms with Crippen molar-refractivity contribution in [2.75, 3.05) is 18.0 Å². The summed E-state index contributed by atoms with van der Waals surface area (Å²) in [5, 5.41) is 10.7. The Morgan fingerprint density at radius 3 is 2.88 bits per heavy atom. The second-order valence-electron chi connectivity index (χ2n) is 4.59. The molecular formula is C12H15BrN2O2. The highest BCUT2D eigenvalue weighted by Gasteiger charge is 2.19. The summed E-state index contributed by atoms with van der Waals surface area (Å²) in [6.07, 6.45) is 2.45. The zero-order valence-electron chi connectivity index (χ0n) is 9.73. The van der Waals surface area contributed by atoms with Crippen molar-refractivity contribution in [3.8, 4) is 0 Å². The lowest BCUT2D eigenvalue weighted by molar-refractivity contribution is -0.384. The van der Waals surface area contributed by atoms with Crippen LogP contribution in [0.5, 0.6) is 0 Å². The summed E-state index contributed by atoms with van der Waals surface area (Å²) in [4.78, 5) is 12.6. The van der Waals surface area contributed by atoms with Crippen molar-refractivity contribution in [1.82, 2.24) is 0 Å². The Hall–Kier alpha value is -1.10. The molecule has 4 nitrogen and oxygen atoms in total. The van der Waals surface area contributed by atoms with Crippen molar-refractivity contribution in [1.29, 1.82) is 0 Å². The van der Waals surface area contributed by atoms with Gasteiger partial charge in [0.05, 0.1) is 10.6 Å². The number of piperidine rings is 1. The van der Waals surface area contributed by atoms with Crippen molar-refractivity contribution >= 4 is 27.3 Å². The number of nitro groups is 1. The minimum absolute atomic E-state index is 0.130. The molecule has 0 radical (unpaired) electrons. The lowest BCUT2D eigenvalue weighted by atomic mass is 10.00. The van der Waals surface area contributed by atoms with E-state index in [2.05, 4.69) is 27.8 Å². The van der Waals surface area contributed by atoms with Crippen LogP contribution in [0.3, 0.4) is 0 Å². The largest absolute Gasteiger partial charge is 0.370 e. The van der Waals surface area contributed by atoms with Gasteiger partial charge < -0.3 is 4.90 Å². The summed E-state index contributed by atoms with van der Waals surface area (Å²) in [7, 11) is 0. The van der Waals surface area contributed by atoms with Crippen LogP contribution in [0.2, 0.25) is 0 Å². The smallest absolute Gasteiger partial charge is 0.270 e. The average Bonchev–Trinajstić information content (AvgIpc) is 2.28. The summed E-state index contributed by atoms with van der Waals surface area (Å²) in [6, 6.07) is 4.98. The van der Waals surface area contributed by atoms with E-state index in [1.54, 1.807) is 12.1 Å². The highest BCUT2D eigenvalue weighted by molar-refractivity contribution is 9.10. The van der Waals surface area contributed by atoms with Crippen LogP contribution in [0.25, 0.3) is 0 Å². The van der Waals surface area contributed by atoms with E-state index in [9.17, 15) is 10.1 Å². The normalized spacial score (nSPS) is 20.4. The standard InChI is InChI=1S/C12H15BrN2O2/c1-9-3-2-6-14(8-9)12-5-4-10(15(16)17)7-11(12)13/h4-5,7,9H,2-3,6,8H2,1H3/t9-/m0/s1. The van der Waals surface area contributed by atoms with Gasteiger partial charge >= 0.3 is 0 Å². The molecule has 0 amide bonds. The lowest BCUT2D eigenvalue weighted by Gasteiger charge is -2.33. The predicted molar refractivity (Wildman–Crippen MR) is 71.4 cm³/mol. The van der Waals surface area contributed by atoms with Gasteiger partial charge in [0.1, 0.15) is 0 Å². The number of benzene rings is 1. The molecule has 2 rings (SSSR count). The molecule has 0 spiro atoms. The zero-order chi connectivity index (χ0) is 12.4. The average molecular weight is 299 g/mol. The molecule has 1 aliphatic heterocycles. The van der Waals surface area contributed by atoms with Crippen LogP contribution in [0.15, 0.2) is 22.7 Å². The molecule has 1 saturated heterocycles. The second-order valence-corrected chi connectivity index (χ2v) is 5.44. The molecule has 0 saturated carbocycles. The third-order valence-electron chi connectivity index (χ3n) is 3.14. The molecule has 0 N–H and O–H groups in total. The molecule has 0 aliphatic carbocycles.